The summed E-state index contributed by atoms with van der Waals surface area (Å²) in [6.07, 6.45) is 3.56. The molecule has 3 saturated heterocycles. The van der Waals surface area contributed by atoms with E-state index in [9.17, 15) is 0 Å². The fourth-order valence-electron chi connectivity index (χ4n) is 3.55. The molecule has 0 aromatic rings. The van der Waals surface area contributed by atoms with Gasteiger partial charge in [0.1, 0.15) is 11.7 Å². The summed E-state index contributed by atoms with van der Waals surface area (Å²) >= 11 is 0. The van der Waals surface area contributed by atoms with Gasteiger partial charge in [0.15, 0.2) is 6.29 Å². The molecule has 3 rings (SSSR count). The number of rotatable bonds is 3. The van der Waals surface area contributed by atoms with Crippen LogP contribution in [0.2, 0.25) is 0 Å². The lowest BCUT2D eigenvalue weighted by Crippen LogP contribution is -2.54. The molecule has 0 aliphatic carbocycles. The minimum absolute atomic E-state index is 0.0177. The Morgan fingerprint density at radius 1 is 1.47 bits per heavy atom. The van der Waals surface area contributed by atoms with Crippen LogP contribution in [-0.4, -0.2) is 43.9 Å². The van der Waals surface area contributed by atoms with Crippen molar-refractivity contribution in [2.75, 3.05) is 13.7 Å². The van der Waals surface area contributed by atoms with Crippen molar-refractivity contribution >= 4 is 0 Å². The van der Waals surface area contributed by atoms with E-state index in [2.05, 4.69) is 6.07 Å². The molecule has 0 aromatic heterocycles. The van der Waals surface area contributed by atoms with Crippen LogP contribution in [0.3, 0.4) is 0 Å². The minimum Gasteiger partial charge on any atom is -0.366 e. The van der Waals surface area contributed by atoms with Crippen LogP contribution in [-0.2, 0) is 18.9 Å². The topological polar surface area (TPSA) is 60.7 Å². The highest BCUT2D eigenvalue weighted by Gasteiger charge is 2.58. The van der Waals surface area contributed by atoms with Gasteiger partial charge in [0, 0.05) is 19.4 Å². The molecule has 3 aliphatic heterocycles. The fraction of sp³-hybridized carbons (Fsp3) is 0.929. The number of hydrogen-bond donors (Lipinski definition) is 0. The molecular formula is C14H21NO4. The van der Waals surface area contributed by atoms with Crippen molar-refractivity contribution in [2.45, 2.75) is 62.8 Å². The molecule has 0 amide bonds. The molecule has 1 spiro atoms. The fourth-order valence-corrected chi connectivity index (χ4v) is 3.55. The molecule has 3 fully saturated rings. The van der Waals surface area contributed by atoms with Gasteiger partial charge in [0.05, 0.1) is 24.9 Å². The van der Waals surface area contributed by atoms with Crippen LogP contribution in [0.25, 0.3) is 0 Å². The predicted molar refractivity (Wildman–Crippen MR) is 66.3 cm³/mol. The van der Waals surface area contributed by atoms with Crippen molar-refractivity contribution in [1.29, 1.82) is 5.26 Å². The number of nitrogens with zero attached hydrogens (tertiary/aromatic N) is 1. The van der Waals surface area contributed by atoms with E-state index < -0.39 is 0 Å². The number of nitriles is 1. The first kappa shape index (κ1) is 13.3. The van der Waals surface area contributed by atoms with Gasteiger partial charge in [-0.05, 0) is 26.2 Å². The quantitative estimate of drug-likeness (QED) is 0.777. The monoisotopic (exact) mass is 267 g/mol. The lowest BCUT2D eigenvalue weighted by molar-refractivity contribution is -0.231. The zero-order valence-electron chi connectivity index (χ0n) is 11.5. The minimum atomic E-state index is -0.308. The van der Waals surface area contributed by atoms with E-state index in [1.807, 2.05) is 6.92 Å². The smallest absolute Gasteiger partial charge is 0.183 e. The first-order valence-corrected chi connectivity index (χ1v) is 7.04. The normalized spacial score (nSPS) is 46.4. The first-order chi connectivity index (χ1) is 9.16. The van der Waals surface area contributed by atoms with Crippen molar-refractivity contribution in [3.8, 4) is 6.07 Å². The highest BCUT2D eigenvalue weighted by molar-refractivity contribution is 5.05. The van der Waals surface area contributed by atoms with Gasteiger partial charge in [-0.2, -0.15) is 5.26 Å². The molecule has 3 heterocycles. The molecule has 2 unspecified atom stereocenters. The van der Waals surface area contributed by atoms with E-state index in [1.54, 1.807) is 7.11 Å². The SMILES string of the molecule is CO[C@@H]1OCC23C[C@H]1O[C@H]2CCC(C[C@@H](C)C#N)O3. The molecule has 0 radical (unpaired) electrons. The van der Waals surface area contributed by atoms with E-state index in [0.29, 0.717) is 6.61 Å². The molecule has 106 valence electrons. The standard InChI is InChI=1S/C14H21NO4/c1-9(7-15)5-10-3-4-12-14(19-10)6-11(18-12)13(16-2)17-8-14/h9-13H,3-6,8H2,1-2H3/t9-,10?,11-,12+,13-,14?/m1/s1. The Hall–Kier alpha value is -0.670. The number of hydrogen-bond acceptors (Lipinski definition) is 5. The van der Waals surface area contributed by atoms with Crippen LogP contribution in [0.5, 0.6) is 0 Å². The Balaban J connectivity index is 1.68. The molecule has 3 aliphatic rings. The average Bonchev–Trinajstić information content (AvgIpc) is 2.71. The molecule has 19 heavy (non-hydrogen) atoms. The molecule has 5 heteroatoms. The molecule has 0 aromatic carbocycles. The molecule has 2 bridgehead atoms. The van der Waals surface area contributed by atoms with Crippen LogP contribution in [0, 0.1) is 17.2 Å². The lowest BCUT2D eigenvalue weighted by Gasteiger charge is -2.43. The van der Waals surface area contributed by atoms with Gasteiger partial charge >= 0.3 is 0 Å². The van der Waals surface area contributed by atoms with E-state index in [4.69, 9.17) is 24.2 Å². The predicted octanol–water partition coefficient (Wildman–Crippen LogP) is 1.61. The van der Waals surface area contributed by atoms with Gasteiger partial charge < -0.3 is 18.9 Å². The summed E-state index contributed by atoms with van der Waals surface area (Å²) in [7, 11) is 1.65. The number of ether oxygens (including phenoxy) is 4. The third-order valence-electron chi connectivity index (χ3n) is 4.49. The second kappa shape index (κ2) is 5.02. The van der Waals surface area contributed by atoms with Gasteiger partial charge in [-0.1, -0.05) is 0 Å². The van der Waals surface area contributed by atoms with Crippen molar-refractivity contribution in [3.63, 3.8) is 0 Å². The highest BCUT2D eigenvalue weighted by Crippen LogP contribution is 2.46. The summed E-state index contributed by atoms with van der Waals surface area (Å²) in [5, 5.41) is 8.92. The Bertz CT molecular complexity index is 382. The van der Waals surface area contributed by atoms with Crippen LogP contribution >= 0.6 is 0 Å². The van der Waals surface area contributed by atoms with Crippen LogP contribution < -0.4 is 0 Å². The summed E-state index contributed by atoms with van der Waals surface area (Å²) < 4.78 is 23.3. The summed E-state index contributed by atoms with van der Waals surface area (Å²) in [6, 6.07) is 2.28. The maximum atomic E-state index is 8.92. The Morgan fingerprint density at radius 3 is 3.05 bits per heavy atom. The summed E-state index contributed by atoms with van der Waals surface area (Å²) in [5.74, 6) is 0.0345. The Morgan fingerprint density at radius 2 is 2.32 bits per heavy atom. The van der Waals surface area contributed by atoms with Gasteiger partial charge in [-0.15, -0.1) is 0 Å². The van der Waals surface area contributed by atoms with Crippen molar-refractivity contribution in [2.24, 2.45) is 5.92 Å². The highest BCUT2D eigenvalue weighted by atomic mass is 16.7. The molecular weight excluding hydrogens is 246 g/mol. The largest absolute Gasteiger partial charge is 0.366 e. The zero-order chi connectivity index (χ0) is 13.5. The summed E-state index contributed by atoms with van der Waals surface area (Å²) in [4.78, 5) is 0. The number of methoxy groups -OCH3 is 1. The van der Waals surface area contributed by atoms with Gasteiger partial charge in [0.25, 0.3) is 0 Å². The average molecular weight is 267 g/mol. The molecule has 5 nitrogen and oxygen atoms in total. The van der Waals surface area contributed by atoms with Gasteiger partial charge in [-0.3, -0.25) is 0 Å². The van der Waals surface area contributed by atoms with Crippen LogP contribution in [0.15, 0.2) is 0 Å². The zero-order valence-corrected chi connectivity index (χ0v) is 11.5. The van der Waals surface area contributed by atoms with E-state index in [-0.39, 0.29) is 36.1 Å². The number of fused-ring (bicyclic) bond motifs is 1. The summed E-state index contributed by atoms with van der Waals surface area (Å²) in [5.41, 5.74) is -0.308. The third-order valence-corrected chi connectivity index (χ3v) is 4.49. The lowest BCUT2D eigenvalue weighted by atomic mass is 9.84. The van der Waals surface area contributed by atoms with Crippen molar-refractivity contribution < 1.29 is 18.9 Å². The third kappa shape index (κ3) is 2.27. The van der Waals surface area contributed by atoms with E-state index in [1.165, 1.54) is 0 Å². The second-order valence-electron chi connectivity index (χ2n) is 5.93. The van der Waals surface area contributed by atoms with E-state index in [0.717, 1.165) is 25.7 Å². The molecule has 0 saturated carbocycles. The summed E-state index contributed by atoms with van der Waals surface area (Å²) in [6.45, 7) is 2.48. The van der Waals surface area contributed by atoms with E-state index >= 15 is 0 Å². The molecule has 0 N–H and O–H groups in total. The molecule has 6 atom stereocenters. The maximum Gasteiger partial charge on any atom is 0.183 e. The maximum absolute atomic E-state index is 8.92. The Labute approximate surface area is 113 Å². The van der Waals surface area contributed by atoms with Crippen LogP contribution in [0.4, 0.5) is 0 Å². The van der Waals surface area contributed by atoms with Gasteiger partial charge in [-0.25, -0.2) is 0 Å². The van der Waals surface area contributed by atoms with Crippen molar-refractivity contribution in [3.05, 3.63) is 0 Å². The Kier molecular flexibility index (Phi) is 3.52. The van der Waals surface area contributed by atoms with Gasteiger partial charge in [0.2, 0.25) is 0 Å². The second-order valence-corrected chi connectivity index (χ2v) is 5.93. The van der Waals surface area contributed by atoms with Crippen LogP contribution in [0.1, 0.15) is 32.6 Å². The van der Waals surface area contributed by atoms with Crippen molar-refractivity contribution in [1.82, 2.24) is 0 Å². The first-order valence-electron chi connectivity index (χ1n) is 7.04.